The van der Waals surface area contributed by atoms with Crippen molar-refractivity contribution in [3.8, 4) is 0 Å². The molecule has 0 saturated carbocycles. The maximum Gasteiger partial charge on any atom is 0.270 e. The highest BCUT2D eigenvalue weighted by atomic mass is 19.1. The highest BCUT2D eigenvalue weighted by Crippen LogP contribution is 2.17. The second kappa shape index (κ2) is 4.35. The number of aryl methyl sites for hydroxylation is 1. The number of halogens is 2. The lowest BCUT2D eigenvalue weighted by atomic mass is 10.1. The molecular weight excluding hydrogens is 246 g/mol. The summed E-state index contributed by atoms with van der Waals surface area (Å²) in [6.45, 7) is 0. The number of nitrogens with zero attached hydrogens (tertiary/aromatic N) is 4. The largest absolute Gasteiger partial charge is 0.396 e. The minimum Gasteiger partial charge on any atom is -0.396 e. The van der Waals surface area contributed by atoms with Crippen molar-refractivity contribution in [2.45, 2.75) is 0 Å². The molecule has 18 heavy (non-hydrogen) atoms. The van der Waals surface area contributed by atoms with E-state index in [1.54, 1.807) is 0 Å². The summed E-state index contributed by atoms with van der Waals surface area (Å²) in [4.78, 5) is 12.8. The van der Waals surface area contributed by atoms with Crippen molar-refractivity contribution in [1.82, 2.24) is 20.2 Å². The van der Waals surface area contributed by atoms with Crippen LogP contribution in [0.3, 0.4) is 0 Å². The number of hydrogen-bond donors (Lipinski definition) is 2. The maximum absolute atomic E-state index is 13.4. The Morgan fingerprint density at radius 2 is 2.11 bits per heavy atom. The number of rotatable bonds is 2. The Labute approximate surface area is 99.6 Å². The van der Waals surface area contributed by atoms with E-state index in [0.717, 1.165) is 10.9 Å². The van der Waals surface area contributed by atoms with Gasteiger partial charge in [0.2, 0.25) is 0 Å². The molecule has 7 nitrogen and oxygen atoms in total. The van der Waals surface area contributed by atoms with Crippen molar-refractivity contribution in [2.24, 2.45) is 7.05 Å². The number of benzene rings is 1. The molecule has 0 fully saturated rings. The fourth-order valence-corrected chi connectivity index (χ4v) is 1.24. The van der Waals surface area contributed by atoms with Gasteiger partial charge in [0, 0.05) is 6.07 Å². The Balaban J connectivity index is 2.26. The van der Waals surface area contributed by atoms with E-state index in [4.69, 9.17) is 5.73 Å². The number of aromatic nitrogens is 4. The number of nitrogens with one attached hydrogen (secondary N) is 1. The summed E-state index contributed by atoms with van der Waals surface area (Å²) in [5, 5.41) is 12.9. The van der Waals surface area contributed by atoms with Crippen LogP contribution in [0, 0.1) is 11.6 Å². The lowest BCUT2D eigenvalue weighted by molar-refractivity contribution is 0.102. The van der Waals surface area contributed by atoms with E-state index < -0.39 is 23.1 Å². The summed E-state index contributed by atoms with van der Waals surface area (Å²) in [6.07, 6.45) is 0. The SMILES string of the molecule is Cn1nnc(NC(=O)c2cc(N)c(F)cc2F)n1. The normalized spacial score (nSPS) is 10.4. The number of anilines is 2. The zero-order valence-corrected chi connectivity index (χ0v) is 9.19. The van der Waals surface area contributed by atoms with E-state index in [-0.39, 0.29) is 11.6 Å². The second-order valence-corrected chi connectivity index (χ2v) is 3.41. The van der Waals surface area contributed by atoms with Crippen molar-refractivity contribution in [3.63, 3.8) is 0 Å². The van der Waals surface area contributed by atoms with E-state index in [1.165, 1.54) is 7.05 Å². The van der Waals surface area contributed by atoms with Gasteiger partial charge in [0.05, 0.1) is 18.3 Å². The zero-order valence-electron chi connectivity index (χ0n) is 9.19. The first-order chi connectivity index (χ1) is 8.47. The first kappa shape index (κ1) is 11.9. The van der Waals surface area contributed by atoms with Crippen LogP contribution in [0.4, 0.5) is 20.4 Å². The third kappa shape index (κ3) is 2.24. The summed E-state index contributed by atoms with van der Waals surface area (Å²) in [5.41, 5.74) is 4.53. The minimum atomic E-state index is -1.02. The summed E-state index contributed by atoms with van der Waals surface area (Å²) in [7, 11) is 1.50. The zero-order chi connectivity index (χ0) is 13.3. The molecular formula is C9H8F2N6O. The summed E-state index contributed by atoms with van der Waals surface area (Å²) in [5.74, 6) is -2.89. The number of carbonyl (C=O) groups is 1. The van der Waals surface area contributed by atoms with Crippen molar-refractivity contribution >= 4 is 17.5 Å². The van der Waals surface area contributed by atoms with E-state index in [2.05, 4.69) is 20.7 Å². The predicted octanol–water partition coefficient (Wildman–Crippen LogP) is 0.323. The van der Waals surface area contributed by atoms with E-state index in [1.807, 2.05) is 0 Å². The fraction of sp³-hybridized carbons (Fsp3) is 0.111. The van der Waals surface area contributed by atoms with Crippen LogP contribution in [0.1, 0.15) is 10.4 Å². The maximum atomic E-state index is 13.4. The molecule has 0 saturated heterocycles. The van der Waals surface area contributed by atoms with E-state index in [0.29, 0.717) is 6.07 Å². The summed E-state index contributed by atoms with van der Waals surface area (Å²) in [6, 6.07) is 1.44. The molecule has 3 N–H and O–H groups in total. The first-order valence-electron chi connectivity index (χ1n) is 4.77. The second-order valence-electron chi connectivity index (χ2n) is 3.41. The van der Waals surface area contributed by atoms with Gasteiger partial charge in [0.25, 0.3) is 11.9 Å². The van der Waals surface area contributed by atoms with Gasteiger partial charge in [-0.15, -0.1) is 5.10 Å². The van der Waals surface area contributed by atoms with E-state index in [9.17, 15) is 13.6 Å². The third-order valence-electron chi connectivity index (χ3n) is 2.06. The average molecular weight is 254 g/mol. The molecule has 0 unspecified atom stereocenters. The number of hydrogen-bond acceptors (Lipinski definition) is 5. The molecule has 0 bridgehead atoms. The molecule has 0 atom stereocenters. The topological polar surface area (TPSA) is 98.7 Å². The highest BCUT2D eigenvalue weighted by molar-refractivity contribution is 6.04. The molecule has 1 aromatic heterocycles. The number of nitrogen functional groups attached to an aromatic ring is 1. The average Bonchev–Trinajstić information content (AvgIpc) is 2.69. The Bertz CT molecular complexity index is 611. The monoisotopic (exact) mass is 254 g/mol. The van der Waals surface area contributed by atoms with Crippen molar-refractivity contribution in [3.05, 3.63) is 29.3 Å². The van der Waals surface area contributed by atoms with E-state index >= 15 is 0 Å². The molecule has 0 aliphatic rings. The fourth-order valence-electron chi connectivity index (χ4n) is 1.24. The van der Waals surface area contributed by atoms with Gasteiger partial charge in [-0.05, 0) is 11.3 Å². The van der Waals surface area contributed by atoms with Gasteiger partial charge in [0.15, 0.2) is 0 Å². The van der Waals surface area contributed by atoms with Gasteiger partial charge in [-0.2, -0.15) is 4.80 Å². The Morgan fingerprint density at radius 1 is 1.39 bits per heavy atom. The molecule has 1 amide bonds. The molecule has 1 heterocycles. The minimum absolute atomic E-state index is 0.0928. The molecule has 9 heteroatoms. The standard InChI is InChI=1S/C9H8F2N6O/c1-17-15-9(14-16-17)13-8(18)4-2-7(12)6(11)3-5(4)10/h2-3H,12H2,1H3,(H,13,15,18). The Kier molecular flexibility index (Phi) is 2.88. The number of carbonyl (C=O) groups excluding carboxylic acids is 1. The third-order valence-corrected chi connectivity index (χ3v) is 2.06. The van der Waals surface area contributed by atoms with Crippen LogP contribution in [-0.4, -0.2) is 26.1 Å². The number of nitrogens with two attached hydrogens (primary N) is 1. The molecule has 1 aromatic carbocycles. The van der Waals surface area contributed by atoms with Crippen LogP contribution < -0.4 is 11.1 Å². The molecule has 0 spiro atoms. The molecule has 0 aliphatic carbocycles. The van der Waals surface area contributed by atoms with Gasteiger partial charge in [-0.1, -0.05) is 5.10 Å². The molecule has 2 rings (SSSR count). The number of amides is 1. The van der Waals surface area contributed by atoms with Crippen LogP contribution in [0.15, 0.2) is 12.1 Å². The van der Waals surface area contributed by atoms with Gasteiger partial charge in [-0.3, -0.25) is 10.1 Å². The molecule has 94 valence electrons. The molecule has 0 radical (unpaired) electrons. The Morgan fingerprint density at radius 3 is 2.72 bits per heavy atom. The van der Waals surface area contributed by atoms with Gasteiger partial charge < -0.3 is 5.73 Å². The predicted molar refractivity (Wildman–Crippen MR) is 57.5 cm³/mol. The number of tetrazole rings is 1. The lowest BCUT2D eigenvalue weighted by Gasteiger charge is -2.04. The highest BCUT2D eigenvalue weighted by Gasteiger charge is 2.16. The first-order valence-corrected chi connectivity index (χ1v) is 4.77. The smallest absolute Gasteiger partial charge is 0.270 e. The van der Waals surface area contributed by atoms with Crippen LogP contribution >= 0.6 is 0 Å². The summed E-state index contributed by atoms with van der Waals surface area (Å²) < 4.78 is 26.3. The van der Waals surface area contributed by atoms with Crippen molar-refractivity contribution in [2.75, 3.05) is 11.1 Å². The van der Waals surface area contributed by atoms with Crippen molar-refractivity contribution < 1.29 is 13.6 Å². The van der Waals surface area contributed by atoms with Crippen LogP contribution in [0.2, 0.25) is 0 Å². The van der Waals surface area contributed by atoms with Gasteiger partial charge >= 0.3 is 0 Å². The van der Waals surface area contributed by atoms with Crippen LogP contribution in [-0.2, 0) is 7.05 Å². The Hall–Kier alpha value is -2.58. The lowest BCUT2D eigenvalue weighted by Crippen LogP contribution is -2.16. The quantitative estimate of drug-likeness (QED) is 0.752. The van der Waals surface area contributed by atoms with Crippen LogP contribution in [0.5, 0.6) is 0 Å². The van der Waals surface area contributed by atoms with Gasteiger partial charge in [0.1, 0.15) is 11.6 Å². The van der Waals surface area contributed by atoms with Gasteiger partial charge in [-0.25, -0.2) is 8.78 Å². The summed E-state index contributed by atoms with van der Waals surface area (Å²) >= 11 is 0. The molecule has 0 aliphatic heterocycles. The molecule has 2 aromatic rings. The van der Waals surface area contributed by atoms with Crippen molar-refractivity contribution in [1.29, 1.82) is 0 Å². The van der Waals surface area contributed by atoms with Crippen LogP contribution in [0.25, 0.3) is 0 Å².